The van der Waals surface area contributed by atoms with E-state index in [0.29, 0.717) is 36.4 Å². The van der Waals surface area contributed by atoms with Crippen LogP contribution in [-0.2, 0) is 6.42 Å². The van der Waals surface area contributed by atoms with Crippen LogP contribution in [0.5, 0.6) is 0 Å². The maximum atomic E-state index is 9.50. The molecule has 10 heteroatoms. The maximum absolute atomic E-state index is 9.50. The largest absolute Gasteiger partial charge is 0.396 e. The first kappa shape index (κ1) is 18.7. The number of nitrogens with two attached hydrogens (primary N) is 1. The van der Waals surface area contributed by atoms with Crippen LogP contribution >= 0.6 is 15.9 Å². The molecule has 146 valence electrons. The van der Waals surface area contributed by atoms with E-state index in [1.54, 1.807) is 0 Å². The van der Waals surface area contributed by atoms with Gasteiger partial charge in [0.05, 0.1) is 21.9 Å². The number of anilines is 2. The Morgan fingerprint density at radius 2 is 2.25 bits per heavy atom. The van der Waals surface area contributed by atoms with E-state index in [9.17, 15) is 10.4 Å². The number of rotatable bonds is 6. The number of halogens is 1. The van der Waals surface area contributed by atoms with E-state index in [4.69, 9.17) is 5.73 Å². The van der Waals surface area contributed by atoms with E-state index >= 15 is 0 Å². The van der Waals surface area contributed by atoms with Gasteiger partial charge in [-0.25, -0.2) is 4.98 Å². The zero-order chi connectivity index (χ0) is 19.8. The van der Waals surface area contributed by atoms with Crippen molar-refractivity contribution in [1.82, 2.24) is 24.4 Å². The van der Waals surface area contributed by atoms with Crippen LogP contribution in [0.3, 0.4) is 0 Å². The summed E-state index contributed by atoms with van der Waals surface area (Å²) >= 11 is 3.47. The van der Waals surface area contributed by atoms with Gasteiger partial charge in [0.1, 0.15) is 23.3 Å². The molecule has 2 unspecified atom stereocenters. The molecule has 28 heavy (non-hydrogen) atoms. The van der Waals surface area contributed by atoms with Gasteiger partial charge in [-0.1, -0.05) is 0 Å². The number of nitrogen functional groups attached to an aromatic ring is 1. The molecule has 4 N–H and O–H groups in total. The molecule has 3 heterocycles. The Hall–Kier alpha value is -2.64. The lowest BCUT2D eigenvalue weighted by Crippen LogP contribution is -2.31. The van der Waals surface area contributed by atoms with Gasteiger partial charge in [0.2, 0.25) is 0 Å². The second-order valence-corrected chi connectivity index (χ2v) is 7.81. The van der Waals surface area contributed by atoms with Gasteiger partial charge in [0.15, 0.2) is 5.65 Å². The van der Waals surface area contributed by atoms with Crippen LogP contribution in [0.15, 0.2) is 16.7 Å². The molecule has 2 atom stereocenters. The molecule has 0 aliphatic heterocycles. The van der Waals surface area contributed by atoms with E-state index < -0.39 is 0 Å². The molecule has 4 rings (SSSR count). The van der Waals surface area contributed by atoms with Crippen molar-refractivity contribution in [3.8, 4) is 6.07 Å². The molecule has 0 bridgehead atoms. The molecule has 0 amide bonds. The van der Waals surface area contributed by atoms with Crippen molar-refractivity contribution in [2.45, 2.75) is 32.2 Å². The summed E-state index contributed by atoms with van der Waals surface area (Å²) in [7, 11) is 0. The summed E-state index contributed by atoms with van der Waals surface area (Å²) in [6.45, 7) is 2.61. The summed E-state index contributed by atoms with van der Waals surface area (Å²) < 4.78 is 4.18. The van der Waals surface area contributed by atoms with Crippen molar-refractivity contribution in [1.29, 1.82) is 5.26 Å². The van der Waals surface area contributed by atoms with Crippen LogP contribution in [0.4, 0.5) is 11.6 Å². The zero-order valence-corrected chi connectivity index (χ0v) is 17.0. The summed E-state index contributed by atoms with van der Waals surface area (Å²) in [6, 6.07) is 4.39. The van der Waals surface area contributed by atoms with E-state index in [-0.39, 0.29) is 18.0 Å². The van der Waals surface area contributed by atoms with Crippen molar-refractivity contribution in [2.24, 2.45) is 5.92 Å². The van der Waals surface area contributed by atoms with E-state index in [1.807, 2.05) is 23.9 Å². The topological polar surface area (TPSA) is 130 Å². The van der Waals surface area contributed by atoms with Crippen LogP contribution in [-0.4, -0.2) is 42.6 Å². The molecule has 0 radical (unpaired) electrons. The highest BCUT2D eigenvalue weighted by Gasteiger charge is 2.32. The number of aliphatic hydroxyl groups is 1. The first-order chi connectivity index (χ1) is 13.5. The van der Waals surface area contributed by atoms with Crippen molar-refractivity contribution in [3.05, 3.63) is 33.7 Å². The van der Waals surface area contributed by atoms with Gasteiger partial charge < -0.3 is 16.2 Å². The minimum Gasteiger partial charge on any atom is -0.396 e. The minimum atomic E-state index is 0.206. The minimum absolute atomic E-state index is 0.206. The van der Waals surface area contributed by atoms with Gasteiger partial charge in [-0.3, -0.25) is 4.68 Å². The Morgan fingerprint density at radius 1 is 1.43 bits per heavy atom. The number of aromatic nitrogens is 5. The predicted octanol–water partition coefficient (Wildman–Crippen LogP) is 2.05. The van der Waals surface area contributed by atoms with Crippen molar-refractivity contribution >= 4 is 33.2 Å². The fraction of sp³-hybridized carbons (Fsp3) is 0.444. The lowest BCUT2D eigenvalue weighted by atomic mass is 9.80. The normalized spacial score (nSPS) is 18.8. The van der Waals surface area contributed by atoms with Gasteiger partial charge in [0, 0.05) is 31.7 Å². The summed E-state index contributed by atoms with van der Waals surface area (Å²) in [6.07, 6.45) is 4.75. The number of nitrogens with one attached hydrogen (secondary N) is 1. The standard InChI is InChI=1S/C18H21BrN8O/c1-10-15(19)18-23-17(13(8-20)16(21)27(18)24-10)22-6-4-12-5-7-26(25-12)14-3-2-11(14)9-28/h5,7,11,14,28H,2-4,6,9,21H2,1H3,(H,22,23). The van der Waals surface area contributed by atoms with Crippen LogP contribution < -0.4 is 11.1 Å². The number of hydrogen-bond donors (Lipinski definition) is 3. The second kappa shape index (κ2) is 7.41. The molecule has 1 aliphatic carbocycles. The maximum Gasteiger partial charge on any atom is 0.174 e. The van der Waals surface area contributed by atoms with Gasteiger partial charge in [-0.05, 0) is 41.8 Å². The lowest BCUT2D eigenvalue weighted by molar-refractivity contribution is 0.0892. The van der Waals surface area contributed by atoms with E-state index in [0.717, 1.165) is 28.7 Å². The van der Waals surface area contributed by atoms with E-state index in [1.165, 1.54) is 4.52 Å². The molecule has 1 saturated carbocycles. The molecule has 0 aromatic carbocycles. The van der Waals surface area contributed by atoms with Gasteiger partial charge in [-0.15, -0.1) is 0 Å². The summed E-state index contributed by atoms with van der Waals surface area (Å²) in [4.78, 5) is 4.52. The summed E-state index contributed by atoms with van der Waals surface area (Å²) in [5.74, 6) is 1.00. The number of hydrogen-bond acceptors (Lipinski definition) is 7. The Balaban J connectivity index is 1.48. The number of aryl methyl sites for hydroxylation is 1. The van der Waals surface area contributed by atoms with Crippen molar-refractivity contribution in [2.75, 3.05) is 24.2 Å². The van der Waals surface area contributed by atoms with Gasteiger partial charge in [0.25, 0.3) is 0 Å². The van der Waals surface area contributed by atoms with Crippen LogP contribution in [0, 0.1) is 24.2 Å². The smallest absolute Gasteiger partial charge is 0.174 e. The average Bonchev–Trinajstić information content (AvgIpc) is 3.21. The zero-order valence-electron chi connectivity index (χ0n) is 15.4. The Bertz CT molecular complexity index is 1060. The van der Waals surface area contributed by atoms with Crippen molar-refractivity contribution < 1.29 is 5.11 Å². The molecule has 1 aliphatic rings. The number of nitrogens with zero attached hydrogens (tertiary/aromatic N) is 6. The fourth-order valence-electron chi connectivity index (χ4n) is 3.50. The molecular formula is C18H21BrN8O. The predicted molar refractivity (Wildman–Crippen MR) is 108 cm³/mol. The summed E-state index contributed by atoms with van der Waals surface area (Å²) in [5.41, 5.74) is 8.66. The first-order valence-corrected chi connectivity index (χ1v) is 9.96. The number of aliphatic hydroxyl groups excluding tert-OH is 1. The summed E-state index contributed by atoms with van der Waals surface area (Å²) in [5, 5.41) is 31.0. The lowest BCUT2D eigenvalue weighted by Gasteiger charge is -2.35. The highest BCUT2D eigenvalue weighted by atomic mass is 79.9. The molecule has 9 nitrogen and oxygen atoms in total. The Kier molecular flexibility index (Phi) is 4.95. The molecular weight excluding hydrogens is 424 g/mol. The molecule has 0 saturated heterocycles. The van der Waals surface area contributed by atoms with Crippen molar-refractivity contribution in [3.63, 3.8) is 0 Å². The SMILES string of the molecule is Cc1nn2c(N)c(C#N)c(NCCc3ccn(C4CCC4CO)n3)nc2c1Br. The third kappa shape index (κ3) is 3.10. The van der Waals surface area contributed by atoms with Gasteiger partial charge in [-0.2, -0.15) is 20.0 Å². The molecule has 3 aromatic rings. The van der Waals surface area contributed by atoms with Crippen LogP contribution in [0.25, 0.3) is 5.65 Å². The fourth-order valence-corrected chi connectivity index (χ4v) is 3.84. The molecule has 1 fully saturated rings. The van der Waals surface area contributed by atoms with Crippen LogP contribution in [0.1, 0.15) is 35.8 Å². The first-order valence-electron chi connectivity index (χ1n) is 9.16. The number of fused-ring (bicyclic) bond motifs is 1. The highest BCUT2D eigenvalue weighted by molar-refractivity contribution is 9.10. The average molecular weight is 445 g/mol. The van der Waals surface area contributed by atoms with Crippen LogP contribution in [0.2, 0.25) is 0 Å². The monoisotopic (exact) mass is 444 g/mol. The molecule has 0 spiro atoms. The Morgan fingerprint density at radius 3 is 2.93 bits per heavy atom. The third-order valence-corrected chi connectivity index (χ3v) is 6.23. The quantitative estimate of drug-likeness (QED) is 0.529. The number of nitriles is 1. The van der Waals surface area contributed by atoms with Gasteiger partial charge >= 0.3 is 0 Å². The second-order valence-electron chi connectivity index (χ2n) is 7.02. The molecule has 3 aromatic heterocycles. The van der Waals surface area contributed by atoms with E-state index in [2.05, 4.69) is 42.5 Å². The Labute approximate surface area is 170 Å². The highest BCUT2D eigenvalue weighted by Crippen LogP contribution is 2.37. The third-order valence-electron chi connectivity index (χ3n) is 5.30.